The highest BCUT2D eigenvalue weighted by molar-refractivity contribution is 5.92. The molecule has 1 aliphatic rings. The second-order valence-corrected chi connectivity index (χ2v) is 1.48. The van der Waals surface area contributed by atoms with E-state index in [0.29, 0.717) is 0 Å². The Hall–Kier alpha value is -1.58. The van der Waals surface area contributed by atoms with E-state index in [2.05, 4.69) is 9.47 Å². The third-order valence-corrected chi connectivity index (χ3v) is 0.779. The Morgan fingerprint density at radius 3 is 1.70 bits per heavy atom. The Morgan fingerprint density at radius 2 is 1.30 bits per heavy atom. The smallest absolute Gasteiger partial charge is 0.335 e. The summed E-state index contributed by atoms with van der Waals surface area (Å²) in [6.07, 6.45) is 3.99. The van der Waals surface area contributed by atoms with Crippen molar-refractivity contribution in [3.05, 3.63) is 24.7 Å². The minimum Gasteiger partial charge on any atom is -0.428 e. The number of carbonyl (C=O) groups excluding carboxylic acids is 2. The van der Waals surface area contributed by atoms with Crippen LogP contribution in [0.25, 0.3) is 0 Å². The van der Waals surface area contributed by atoms with Crippen LogP contribution in [0.4, 0.5) is 0 Å². The van der Waals surface area contributed by atoms with Crippen LogP contribution in [0.2, 0.25) is 0 Å². The van der Waals surface area contributed by atoms with E-state index in [9.17, 15) is 9.59 Å². The lowest BCUT2D eigenvalue weighted by atomic mass is 10.5. The molecule has 0 bridgehead atoms. The van der Waals surface area contributed by atoms with Crippen molar-refractivity contribution in [3.63, 3.8) is 0 Å². The lowest BCUT2D eigenvalue weighted by Gasteiger charge is -1.96. The van der Waals surface area contributed by atoms with Gasteiger partial charge in [0.1, 0.15) is 12.5 Å². The normalized spacial score (nSPS) is 23.6. The highest BCUT2D eigenvalue weighted by Gasteiger charge is 2.00. The van der Waals surface area contributed by atoms with Crippen LogP contribution >= 0.6 is 0 Å². The predicted octanol–water partition coefficient (Wildman–Crippen LogP) is 0.114. The molecule has 10 heavy (non-hydrogen) atoms. The first-order chi connectivity index (χ1) is 4.79. The van der Waals surface area contributed by atoms with Gasteiger partial charge in [-0.25, -0.2) is 9.59 Å². The molecule has 0 amide bonds. The van der Waals surface area contributed by atoms with Crippen LogP contribution in [0.3, 0.4) is 0 Å². The summed E-state index contributed by atoms with van der Waals surface area (Å²) in [5, 5.41) is 0. The molecular formula is C6H4O4. The van der Waals surface area contributed by atoms with Crippen molar-refractivity contribution < 1.29 is 19.1 Å². The van der Waals surface area contributed by atoms with Crippen LogP contribution in [0, 0.1) is 0 Å². The fourth-order valence-corrected chi connectivity index (χ4v) is 0.404. The van der Waals surface area contributed by atoms with Gasteiger partial charge >= 0.3 is 11.9 Å². The van der Waals surface area contributed by atoms with Crippen molar-refractivity contribution in [1.29, 1.82) is 0 Å². The van der Waals surface area contributed by atoms with E-state index < -0.39 is 11.9 Å². The molecular weight excluding hydrogens is 136 g/mol. The minimum absolute atomic E-state index is 0.590. The van der Waals surface area contributed by atoms with E-state index in [0.717, 1.165) is 24.7 Å². The minimum atomic E-state index is -0.590. The maximum Gasteiger partial charge on any atom is 0.335 e. The van der Waals surface area contributed by atoms with Crippen molar-refractivity contribution >= 4 is 11.9 Å². The number of cyclic esters (lactones) is 2. The van der Waals surface area contributed by atoms with E-state index in [4.69, 9.17) is 0 Å². The molecule has 1 aliphatic heterocycles. The second kappa shape index (κ2) is 2.82. The zero-order valence-corrected chi connectivity index (χ0v) is 4.94. The molecule has 0 saturated heterocycles. The molecule has 4 nitrogen and oxygen atoms in total. The van der Waals surface area contributed by atoms with Gasteiger partial charge in [-0.05, 0) is 0 Å². The summed E-state index contributed by atoms with van der Waals surface area (Å²) in [5.74, 6) is -1.18. The zero-order chi connectivity index (χ0) is 7.40. The first kappa shape index (κ1) is 6.54. The standard InChI is InChI=1S/C6H4O4/c7-5-1-2-6(8)10-4-3-9-5/h1-4H/b2-1-,4-3-. The molecule has 0 spiro atoms. The van der Waals surface area contributed by atoms with Crippen LogP contribution in [0.5, 0.6) is 0 Å². The summed E-state index contributed by atoms with van der Waals surface area (Å²) >= 11 is 0. The van der Waals surface area contributed by atoms with Crippen molar-refractivity contribution in [2.45, 2.75) is 0 Å². The van der Waals surface area contributed by atoms with Gasteiger partial charge in [-0.3, -0.25) is 0 Å². The Balaban J connectivity index is 2.68. The first-order valence-corrected chi connectivity index (χ1v) is 2.53. The second-order valence-electron chi connectivity index (χ2n) is 1.48. The van der Waals surface area contributed by atoms with Gasteiger partial charge in [0.2, 0.25) is 0 Å². The maximum absolute atomic E-state index is 10.4. The van der Waals surface area contributed by atoms with Gasteiger partial charge in [-0.2, -0.15) is 0 Å². The highest BCUT2D eigenvalue weighted by Crippen LogP contribution is 1.91. The number of carbonyl (C=O) groups is 2. The fourth-order valence-electron chi connectivity index (χ4n) is 0.404. The summed E-state index contributed by atoms with van der Waals surface area (Å²) in [6, 6.07) is 0. The molecule has 1 rings (SSSR count). The summed E-state index contributed by atoms with van der Waals surface area (Å²) in [7, 11) is 0. The molecule has 0 saturated carbocycles. The molecule has 0 unspecified atom stereocenters. The van der Waals surface area contributed by atoms with Gasteiger partial charge in [0.05, 0.1) is 0 Å². The highest BCUT2D eigenvalue weighted by atomic mass is 16.6. The third kappa shape index (κ3) is 1.74. The molecule has 0 N–H and O–H groups in total. The largest absolute Gasteiger partial charge is 0.428 e. The Bertz CT molecular complexity index is 192. The van der Waals surface area contributed by atoms with E-state index >= 15 is 0 Å². The van der Waals surface area contributed by atoms with Crippen molar-refractivity contribution in [1.82, 2.24) is 0 Å². The monoisotopic (exact) mass is 140 g/mol. The lowest BCUT2D eigenvalue weighted by molar-refractivity contribution is -0.137. The fraction of sp³-hybridized carbons (Fsp3) is 0. The Labute approximate surface area is 56.7 Å². The van der Waals surface area contributed by atoms with Gasteiger partial charge in [-0.1, -0.05) is 0 Å². The van der Waals surface area contributed by atoms with Crippen LogP contribution in [-0.4, -0.2) is 11.9 Å². The van der Waals surface area contributed by atoms with Gasteiger partial charge in [-0.15, -0.1) is 0 Å². The van der Waals surface area contributed by atoms with Gasteiger partial charge in [0.15, 0.2) is 0 Å². The van der Waals surface area contributed by atoms with Crippen molar-refractivity contribution in [3.8, 4) is 0 Å². The number of hydrogen-bond acceptors (Lipinski definition) is 4. The number of ether oxygens (including phenoxy) is 2. The number of esters is 2. The Kier molecular flexibility index (Phi) is 1.84. The first-order valence-electron chi connectivity index (χ1n) is 2.53. The topological polar surface area (TPSA) is 52.6 Å². The molecule has 0 aromatic rings. The van der Waals surface area contributed by atoms with Crippen LogP contribution < -0.4 is 0 Å². The third-order valence-electron chi connectivity index (χ3n) is 0.779. The summed E-state index contributed by atoms with van der Waals surface area (Å²) in [6.45, 7) is 0. The molecule has 0 aromatic heterocycles. The predicted molar refractivity (Wildman–Crippen MR) is 30.5 cm³/mol. The molecule has 0 radical (unpaired) electrons. The van der Waals surface area contributed by atoms with Crippen LogP contribution in [0.1, 0.15) is 0 Å². The Morgan fingerprint density at radius 1 is 0.900 bits per heavy atom. The van der Waals surface area contributed by atoms with Gasteiger partial charge in [0, 0.05) is 12.2 Å². The SMILES string of the molecule is O=C1/C=C\C(=O)O/C=C\O1. The van der Waals surface area contributed by atoms with E-state index in [1.54, 1.807) is 0 Å². The maximum atomic E-state index is 10.4. The molecule has 0 aliphatic carbocycles. The quantitative estimate of drug-likeness (QED) is 0.448. The molecule has 1 heterocycles. The molecule has 4 heteroatoms. The van der Waals surface area contributed by atoms with E-state index in [1.165, 1.54) is 0 Å². The molecule has 0 aromatic carbocycles. The summed E-state index contributed by atoms with van der Waals surface area (Å²) in [5.41, 5.74) is 0. The van der Waals surface area contributed by atoms with Crippen molar-refractivity contribution in [2.75, 3.05) is 0 Å². The van der Waals surface area contributed by atoms with E-state index in [-0.39, 0.29) is 0 Å². The average Bonchev–Trinajstić information content (AvgIpc) is 1.90. The van der Waals surface area contributed by atoms with Crippen molar-refractivity contribution in [2.24, 2.45) is 0 Å². The number of hydrogen-bond donors (Lipinski definition) is 0. The molecule has 0 atom stereocenters. The summed E-state index contributed by atoms with van der Waals surface area (Å²) < 4.78 is 8.70. The zero-order valence-electron chi connectivity index (χ0n) is 4.94. The van der Waals surface area contributed by atoms with Gasteiger partial charge in [0.25, 0.3) is 0 Å². The van der Waals surface area contributed by atoms with Crippen LogP contribution in [0.15, 0.2) is 24.7 Å². The van der Waals surface area contributed by atoms with Gasteiger partial charge < -0.3 is 9.47 Å². The molecule has 0 fully saturated rings. The van der Waals surface area contributed by atoms with Crippen LogP contribution in [-0.2, 0) is 19.1 Å². The summed E-state index contributed by atoms with van der Waals surface area (Å²) in [4.78, 5) is 20.8. The molecule has 52 valence electrons. The lowest BCUT2D eigenvalue weighted by Crippen LogP contribution is -2.02. The van der Waals surface area contributed by atoms with E-state index in [1.807, 2.05) is 0 Å². The average molecular weight is 140 g/mol. The number of rotatable bonds is 0.